The summed E-state index contributed by atoms with van der Waals surface area (Å²) in [5.74, 6) is -1.33. The van der Waals surface area contributed by atoms with E-state index in [1.807, 2.05) is 0 Å². The fourth-order valence-corrected chi connectivity index (χ4v) is 1.01. The number of carbonyl (C=O) groups excluding carboxylic acids is 1. The van der Waals surface area contributed by atoms with Gasteiger partial charge in [0.1, 0.15) is 0 Å². The first-order valence-corrected chi connectivity index (χ1v) is 3.89. The summed E-state index contributed by atoms with van der Waals surface area (Å²) < 4.78 is 29.0. The molecule has 14 heavy (non-hydrogen) atoms. The van der Waals surface area contributed by atoms with Crippen LogP contribution < -0.4 is 4.74 Å². The number of carbonyl (C=O) groups is 1. The molecule has 0 aliphatic heterocycles. The summed E-state index contributed by atoms with van der Waals surface area (Å²) in [6.45, 7) is 1.66. The van der Waals surface area contributed by atoms with Gasteiger partial charge >= 0.3 is 6.43 Å². The van der Waals surface area contributed by atoms with E-state index < -0.39 is 12.2 Å². The van der Waals surface area contributed by atoms with E-state index in [9.17, 15) is 13.6 Å². The van der Waals surface area contributed by atoms with E-state index in [0.29, 0.717) is 5.56 Å². The lowest BCUT2D eigenvalue weighted by molar-refractivity contribution is 0.0674. The van der Waals surface area contributed by atoms with Crippen LogP contribution in [0.15, 0.2) is 12.3 Å². The summed E-state index contributed by atoms with van der Waals surface area (Å²) in [5, 5.41) is 0. The van der Waals surface area contributed by atoms with Crippen LogP contribution in [0.25, 0.3) is 0 Å². The zero-order valence-corrected chi connectivity index (χ0v) is 7.75. The molecule has 1 heterocycles. The number of Topliss-reactive ketones (excluding diaryl/α,β-unsaturated/α-hetero) is 1. The number of methoxy groups -OCH3 is 1. The Hall–Kier alpha value is -1.52. The third-order valence-electron chi connectivity index (χ3n) is 1.64. The monoisotopic (exact) mass is 201 g/mol. The Morgan fingerprint density at radius 3 is 2.71 bits per heavy atom. The number of aromatic nitrogens is 1. The van der Waals surface area contributed by atoms with E-state index in [1.165, 1.54) is 19.4 Å². The zero-order valence-electron chi connectivity index (χ0n) is 7.75. The van der Waals surface area contributed by atoms with Crippen molar-refractivity contribution in [3.05, 3.63) is 23.4 Å². The largest absolute Gasteiger partial charge is 0.480 e. The molecule has 76 valence electrons. The minimum Gasteiger partial charge on any atom is -0.480 e. The second kappa shape index (κ2) is 4.13. The SMILES string of the molecule is COc1ncc(C)cc1C(=O)C(F)F. The predicted octanol–water partition coefficient (Wildman–Crippen LogP) is 1.85. The van der Waals surface area contributed by atoms with E-state index in [1.54, 1.807) is 6.92 Å². The van der Waals surface area contributed by atoms with Crippen molar-refractivity contribution in [3.63, 3.8) is 0 Å². The molecule has 1 rings (SSSR count). The molecule has 0 saturated carbocycles. The van der Waals surface area contributed by atoms with Crippen molar-refractivity contribution in [3.8, 4) is 5.88 Å². The van der Waals surface area contributed by atoms with Crippen LogP contribution in [0.5, 0.6) is 5.88 Å². The summed E-state index contributed by atoms with van der Waals surface area (Å²) in [7, 11) is 1.28. The molecule has 1 aromatic heterocycles. The van der Waals surface area contributed by atoms with Gasteiger partial charge in [0.2, 0.25) is 11.7 Å². The Bertz CT molecular complexity index is 353. The van der Waals surface area contributed by atoms with Gasteiger partial charge in [-0.05, 0) is 18.6 Å². The lowest BCUT2D eigenvalue weighted by Gasteiger charge is -2.06. The predicted molar refractivity (Wildman–Crippen MR) is 45.9 cm³/mol. The molecular formula is C9H9F2NO2. The van der Waals surface area contributed by atoms with Gasteiger partial charge in [0.15, 0.2) is 0 Å². The van der Waals surface area contributed by atoms with Crippen LogP contribution in [0.4, 0.5) is 8.78 Å². The third-order valence-corrected chi connectivity index (χ3v) is 1.64. The van der Waals surface area contributed by atoms with Crippen LogP contribution >= 0.6 is 0 Å². The Kier molecular flexibility index (Phi) is 3.11. The van der Waals surface area contributed by atoms with E-state index in [2.05, 4.69) is 4.98 Å². The average molecular weight is 201 g/mol. The maximum absolute atomic E-state index is 12.1. The van der Waals surface area contributed by atoms with E-state index in [4.69, 9.17) is 4.74 Å². The van der Waals surface area contributed by atoms with Gasteiger partial charge in [-0.2, -0.15) is 0 Å². The van der Waals surface area contributed by atoms with Crippen LogP contribution in [-0.2, 0) is 0 Å². The number of aryl methyl sites for hydroxylation is 1. The van der Waals surface area contributed by atoms with Crippen LogP contribution in [0.2, 0.25) is 0 Å². The minimum atomic E-state index is -3.03. The lowest BCUT2D eigenvalue weighted by Crippen LogP contribution is -2.12. The van der Waals surface area contributed by atoms with Crippen molar-refractivity contribution in [1.82, 2.24) is 4.98 Å². The number of halogens is 2. The van der Waals surface area contributed by atoms with Crippen molar-refractivity contribution in [2.45, 2.75) is 13.3 Å². The van der Waals surface area contributed by atoms with Crippen LogP contribution in [-0.4, -0.2) is 24.3 Å². The molecule has 0 atom stereocenters. The highest BCUT2D eigenvalue weighted by atomic mass is 19.3. The first-order chi connectivity index (χ1) is 6.56. The van der Waals surface area contributed by atoms with Crippen molar-refractivity contribution in [1.29, 1.82) is 0 Å². The Morgan fingerprint density at radius 1 is 1.57 bits per heavy atom. The van der Waals surface area contributed by atoms with E-state index in [-0.39, 0.29) is 11.4 Å². The summed E-state index contributed by atoms with van der Waals surface area (Å²) in [6.07, 6.45) is -1.59. The number of alkyl halides is 2. The summed E-state index contributed by atoms with van der Waals surface area (Å²) in [4.78, 5) is 14.7. The topological polar surface area (TPSA) is 39.2 Å². The number of hydrogen-bond donors (Lipinski definition) is 0. The molecule has 0 bridgehead atoms. The molecule has 0 aromatic carbocycles. The zero-order chi connectivity index (χ0) is 10.7. The quantitative estimate of drug-likeness (QED) is 0.700. The number of ether oxygens (including phenoxy) is 1. The molecule has 3 nitrogen and oxygen atoms in total. The molecule has 0 saturated heterocycles. The van der Waals surface area contributed by atoms with Gasteiger partial charge in [0.05, 0.1) is 12.7 Å². The number of rotatable bonds is 3. The molecule has 0 spiro atoms. The first kappa shape index (κ1) is 10.6. The Balaban J connectivity index is 3.17. The van der Waals surface area contributed by atoms with Gasteiger partial charge < -0.3 is 4.74 Å². The molecule has 0 radical (unpaired) electrons. The smallest absolute Gasteiger partial charge is 0.300 e. The number of pyridine rings is 1. The molecule has 0 N–H and O–H groups in total. The minimum absolute atomic E-state index is 0.0686. The third kappa shape index (κ3) is 2.04. The summed E-state index contributed by atoms with van der Waals surface area (Å²) in [5.41, 5.74) is 0.456. The second-order valence-electron chi connectivity index (χ2n) is 2.73. The van der Waals surface area contributed by atoms with Crippen molar-refractivity contribution in [2.24, 2.45) is 0 Å². The molecule has 0 amide bonds. The Labute approximate surface area is 79.7 Å². The highest BCUT2D eigenvalue weighted by molar-refractivity contribution is 6.00. The van der Waals surface area contributed by atoms with Crippen molar-refractivity contribution < 1.29 is 18.3 Å². The normalized spacial score (nSPS) is 10.4. The van der Waals surface area contributed by atoms with E-state index in [0.717, 1.165) is 0 Å². The first-order valence-electron chi connectivity index (χ1n) is 3.89. The standard InChI is InChI=1S/C9H9F2NO2/c1-5-3-6(7(13)8(10)11)9(14-2)12-4-5/h3-4,8H,1-2H3. The molecular weight excluding hydrogens is 192 g/mol. The van der Waals surface area contributed by atoms with Crippen molar-refractivity contribution in [2.75, 3.05) is 7.11 Å². The highest BCUT2D eigenvalue weighted by Gasteiger charge is 2.22. The maximum atomic E-state index is 12.1. The lowest BCUT2D eigenvalue weighted by atomic mass is 10.1. The Morgan fingerprint density at radius 2 is 2.21 bits per heavy atom. The highest BCUT2D eigenvalue weighted by Crippen LogP contribution is 2.19. The van der Waals surface area contributed by atoms with Gasteiger partial charge in [-0.15, -0.1) is 0 Å². The van der Waals surface area contributed by atoms with Gasteiger partial charge in [-0.1, -0.05) is 0 Å². The van der Waals surface area contributed by atoms with Gasteiger partial charge in [-0.25, -0.2) is 13.8 Å². The van der Waals surface area contributed by atoms with Crippen LogP contribution in [0.1, 0.15) is 15.9 Å². The van der Waals surface area contributed by atoms with E-state index >= 15 is 0 Å². The number of ketones is 1. The van der Waals surface area contributed by atoms with Crippen LogP contribution in [0.3, 0.4) is 0 Å². The molecule has 0 fully saturated rings. The van der Waals surface area contributed by atoms with Gasteiger partial charge in [0, 0.05) is 6.20 Å². The molecule has 0 aliphatic carbocycles. The summed E-state index contributed by atoms with van der Waals surface area (Å²) >= 11 is 0. The average Bonchev–Trinajstić information content (AvgIpc) is 2.16. The summed E-state index contributed by atoms with van der Waals surface area (Å²) in [6, 6.07) is 1.33. The number of hydrogen-bond acceptors (Lipinski definition) is 3. The fourth-order valence-electron chi connectivity index (χ4n) is 1.01. The molecule has 1 aromatic rings. The van der Waals surface area contributed by atoms with Crippen LogP contribution in [0, 0.1) is 6.92 Å². The second-order valence-corrected chi connectivity index (χ2v) is 2.73. The van der Waals surface area contributed by atoms with Crippen molar-refractivity contribution >= 4 is 5.78 Å². The number of nitrogens with zero attached hydrogens (tertiary/aromatic N) is 1. The van der Waals surface area contributed by atoms with Gasteiger partial charge in [0.25, 0.3) is 0 Å². The molecule has 0 unspecified atom stereocenters. The molecule has 5 heteroatoms. The maximum Gasteiger partial charge on any atom is 0.300 e. The molecule has 0 aliphatic rings. The van der Waals surface area contributed by atoms with Gasteiger partial charge in [-0.3, -0.25) is 4.79 Å². The fraction of sp³-hybridized carbons (Fsp3) is 0.333.